The van der Waals surface area contributed by atoms with E-state index in [4.69, 9.17) is 5.26 Å². The van der Waals surface area contributed by atoms with Crippen molar-refractivity contribution >= 4 is 11.9 Å². The molecule has 0 aromatic heterocycles. The lowest BCUT2D eigenvalue weighted by atomic mass is 10.2. The molecule has 1 N–H and O–H groups in total. The Kier molecular flexibility index (Phi) is 4.82. The molecule has 0 fully saturated rings. The Balaban J connectivity index is 3.88. The molecule has 6 heteroatoms. The average Bonchev–Trinajstić information content (AvgIpc) is 2.09. The predicted molar refractivity (Wildman–Crippen MR) is 44.8 cm³/mol. The van der Waals surface area contributed by atoms with E-state index in [9.17, 15) is 9.59 Å². The van der Waals surface area contributed by atoms with Gasteiger partial charge < -0.3 is 0 Å². The molecule has 0 heterocycles. The monoisotopic (exact) mass is 204 g/mol. The summed E-state index contributed by atoms with van der Waals surface area (Å²) in [7, 11) is 0. The molecular formula is C8H12O6. The van der Waals surface area contributed by atoms with Gasteiger partial charge in [-0.3, -0.25) is 9.78 Å². The Bertz CT molecular complexity index is 237. The van der Waals surface area contributed by atoms with Crippen molar-refractivity contribution in [3.63, 3.8) is 0 Å². The van der Waals surface area contributed by atoms with E-state index in [2.05, 4.69) is 14.7 Å². The zero-order valence-electron chi connectivity index (χ0n) is 8.14. The van der Waals surface area contributed by atoms with E-state index in [0.717, 1.165) is 6.08 Å². The first-order valence-electron chi connectivity index (χ1n) is 3.78. The van der Waals surface area contributed by atoms with Gasteiger partial charge in [0.2, 0.25) is 0 Å². The SMILES string of the molecule is CC(C)(C)OOC(=O)/C=C/C(=O)OO. The summed E-state index contributed by atoms with van der Waals surface area (Å²) in [5, 5.41) is 7.82. The van der Waals surface area contributed by atoms with Crippen LogP contribution in [0.2, 0.25) is 0 Å². The second-order valence-electron chi connectivity index (χ2n) is 3.34. The molecule has 0 atom stereocenters. The summed E-state index contributed by atoms with van der Waals surface area (Å²) in [5.41, 5.74) is -0.624. The summed E-state index contributed by atoms with van der Waals surface area (Å²) < 4.78 is 0. The molecular weight excluding hydrogens is 192 g/mol. The van der Waals surface area contributed by atoms with Crippen molar-refractivity contribution in [3.8, 4) is 0 Å². The summed E-state index contributed by atoms with van der Waals surface area (Å²) >= 11 is 0. The molecule has 0 amide bonds. The van der Waals surface area contributed by atoms with Crippen LogP contribution in [0.5, 0.6) is 0 Å². The van der Waals surface area contributed by atoms with Gasteiger partial charge in [-0.25, -0.2) is 9.59 Å². The first-order valence-corrected chi connectivity index (χ1v) is 3.78. The van der Waals surface area contributed by atoms with Gasteiger partial charge in [0, 0.05) is 12.2 Å². The molecule has 0 aliphatic heterocycles. The lowest BCUT2D eigenvalue weighted by Gasteiger charge is -2.15. The molecule has 0 bridgehead atoms. The zero-order valence-corrected chi connectivity index (χ0v) is 8.14. The van der Waals surface area contributed by atoms with E-state index in [-0.39, 0.29) is 0 Å². The molecule has 0 aromatic carbocycles. The number of carbonyl (C=O) groups is 2. The molecule has 80 valence electrons. The summed E-state index contributed by atoms with van der Waals surface area (Å²) in [5.74, 6) is -1.94. The van der Waals surface area contributed by atoms with E-state index >= 15 is 0 Å². The first kappa shape index (κ1) is 12.6. The molecule has 14 heavy (non-hydrogen) atoms. The van der Waals surface area contributed by atoms with Crippen molar-refractivity contribution < 1.29 is 29.5 Å². The fourth-order valence-electron chi connectivity index (χ4n) is 0.360. The lowest BCUT2D eigenvalue weighted by molar-refractivity contribution is -0.316. The van der Waals surface area contributed by atoms with E-state index in [1.54, 1.807) is 20.8 Å². The van der Waals surface area contributed by atoms with Gasteiger partial charge >= 0.3 is 11.9 Å². The molecule has 0 radical (unpaired) electrons. The van der Waals surface area contributed by atoms with Crippen LogP contribution < -0.4 is 0 Å². The predicted octanol–water partition coefficient (Wildman–Crippen LogP) is 0.832. The largest absolute Gasteiger partial charge is 0.366 e. The fraction of sp³-hybridized carbons (Fsp3) is 0.500. The fourth-order valence-corrected chi connectivity index (χ4v) is 0.360. The average molecular weight is 204 g/mol. The van der Waals surface area contributed by atoms with E-state index < -0.39 is 17.5 Å². The molecule has 0 unspecified atom stereocenters. The maximum atomic E-state index is 10.8. The van der Waals surface area contributed by atoms with Crippen molar-refractivity contribution in [2.45, 2.75) is 26.4 Å². The van der Waals surface area contributed by atoms with Crippen molar-refractivity contribution in [3.05, 3.63) is 12.2 Å². The number of carbonyl (C=O) groups excluding carboxylic acids is 2. The van der Waals surface area contributed by atoms with Gasteiger partial charge in [-0.2, -0.15) is 10.1 Å². The molecule has 0 rings (SSSR count). The number of rotatable bonds is 3. The Hall–Kier alpha value is -1.40. The third-order valence-corrected chi connectivity index (χ3v) is 0.819. The van der Waals surface area contributed by atoms with Gasteiger partial charge in [-0.05, 0) is 20.8 Å². The number of hydrogen-bond acceptors (Lipinski definition) is 6. The molecule has 0 spiro atoms. The van der Waals surface area contributed by atoms with E-state index in [1.165, 1.54) is 0 Å². The maximum Gasteiger partial charge on any atom is 0.366 e. The molecule has 0 aromatic rings. The molecule has 0 saturated carbocycles. The molecule has 0 aliphatic carbocycles. The van der Waals surface area contributed by atoms with Gasteiger partial charge in [-0.1, -0.05) is 0 Å². The van der Waals surface area contributed by atoms with E-state index in [1.807, 2.05) is 0 Å². The van der Waals surface area contributed by atoms with Gasteiger partial charge in [0.05, 0.1) is 0 Å². The molecule has 0 saturated heterocycles. The highest BCUT2D eigenvalue weighted by Gasteiger charge is 2.14. The Morgan fingerprint density at radius 3 is 2.07 bits per heavy atom. The van der Waals surface area contributed by atoms with Gasteiger partial charge in [0.15, 0.2) is 0 Å². The topological polar surface area (TPSA) is 82.1 Å². The Labute approximate surface area is 80.9 Å². The van der Waals surface area contributed by atoms with Crippen LogP contribution in [0.25, 0.3) is 0 Å². The highest BCUT2D eigenvalue weighted by Crippen LogP contribution is 2.06. The van der Waals surface area contributed by atoms with Gasteiger partial charge in [0.25, 0.3) is 0 Å². The molecule has 6 nitrogen and oxygen atoms in total. The van der Waals surface area contributed by atoms with Crippen molar-refractivity contribution in [2.24, 2.45) is 0 Å². The third-order valence-electron chi connectivity index (χ3n) is 0.819. The van der Waals surface area contributed by atoms with Crippen LogP contribution in [-0.4, -0.2) is 22.8 Å². The third kappa shape index (κ3) is 7.26. The normalized spacial score (nSPS) is 11.4. The van der Waals surface area contributed by atoms with Crippen LogP contribution in [-0.2, 0) is 24.3 Å². The highest BCUT2D eigenvalue weighted by atomic mass is 17.2. The summed E-state index contributed by atoms with van der Waals surface area (Å²) in [6, 6.07) is 0. The first-order chi connectivity index (χ1) is 6.35. The second-order valence-corrected chi connectivity index (χ2v) is 3.34. The number of hydrogen-bond donors (Lipinski definition) is 1. The molecule has 0 aliphatic rings. The van der Waals surface area contributed by atoms with E-state index in [0.29, 0.717) is 6.08 Å². The lowest BCUT2D eigenvalue weighted by Crippen LogP contribution is -2.21. The van der Waals surface area contributed by atoms with Crippen molar-refractivity contribution in [1.29, 1.82) is 0 Å². The van der Waals surface area contributed by atoms with Crippen LogP contribution >= 0.6 is 0 Å². The minimum Gasteiger partial charge on any atom is -0.296 e. The van der Waals surface area contributed by atoms with Crippen LogP contribution in [0.1, 0.15) is 20.8 Å². The summed E-state index contributed by atoms with van der Waals surface area (Å²) in [6.07, 6.45) is 1.47. The van der Waals surface area contributed by atoms with Gasteiger partial charge in [-0.15, -0.1) is 0 Å². The van der Waals surface area contributed by atoms with Crippen LogP contribution in [0, 0.1) is 0 Å². The van der Waals surface area contributed by atoms with Gasteiger partial charge in [0.1, 0.15) is 5.60 Å². The zero-order chi connectivity index (χ0) is 11.2. The quantitative estimate of drug-likeness (QED) is 0.416. The Morgan fingerprint density at radius 2 is 1.64 bits per heavy atom. The minimum atomic E-state index is -1.07. The van der Waals surface area contributed by atoms with Crippen LogP contribution in [0.15, 0.2) is 12.2 Å². The standard InChI is InChI=1S/C8H12O6/c1-8(2,3)14-13-7(10)5-4-6(9)12-11/h4-5,11H,1-3H3/b5-4+. The highest BCUT2D eigenvalue weighted by molar-refractivity contribution is 5.91. The summed E-state index contributed by atoms with van der Waals surface area (Å²) in [6.45, 7) is 5.06. The van der Waals surface area contributed by atoms with Crippen molar-refractivity contribution in [2.75, 3.05) is 0 Å². The minimum absolute atomic E-state index is 0.624. The van der Waals surface area contributed by atoms with Crippen LogP contribution in [0.3, 0.4) is 0 Å². The Morgan fingerprint density at radius 1 is 1.14 bits per heavy atom. The smallest absolute Gasteiger partial charge is 0.296 e. The maximum absolute atomic E-state index is 10.8. The van der Waals surface area contributed by atoms with Crippen molar-refractivity contribution in [1.82, 2.24) is 0 Å². The second kappa shape index (κ2) is 5.36. The van der Waals surface area contributed by atoms with Crippen LogP contribution in [0.4, 0.5) is 0 Å². The summed E-state index contributed by atoms with van der Waals surface area (Å²) in [4.78, 5) is 33.3.